The number of rotatable bonds is 4. The lowest BCUT2D eigenvalue weighted by Gasteiger charge is -2.11. The molecule has 1 aromatic heterocycles. The molecule has 2 rings (SSSR count). The third-order valence-corrected chi connectivity index (χ3v) is 4.69. The Morgan fingerprint density at radius 2 is 2.33 bits per heavy atom. The molecule has 0 amide bonds. The molecule has 1 aromatic rings. The van der Waals surface area contributed by atoms with Gasteiger partial charge in [-0.25, -0.2) is 13.1 Å². The molecule has 1 aliphatic heterocycles. The van der Waals surface area contributed by atoms with Crippen LogP contribution < -0.4 is 10.0 Å². The molecule has 0 aliphatic carbocycles. The van der Waals surface area contributed by atoms with Crippen LogP contribution in [0.2, 0.25) is 0 Å². The van der Waals surface area contributed by atoms with Gasteiger partial charge in [-0.15, -0.1) is 12.4 Å². The molecule has 0 bridgehead atoms. The summed E-state index contributed by atoms with van der Waals surface area (Å²) in [5, 5.41) is 7.20. The van der Waals surface area contributed by atoms with E-state index in [4.69, 9.17) is 0 Å². The van der Waals surface area contributed by atoms with Crippen molar-refractivity contribution >= 4 is 22.4 Å². The van der Waals surface area contributed by atoms with Crippen LogP contribution in [0.3, 0.4) is 0 Å². The highest BCUT2D eigenvalue weighted by atomic mass is 35.5. The van der Waals surface area contributed by atoms with Crippen molar-refractivity contribution in [2.75, 3.05) is 13.1 Å². The zero-order chi connectivity index (χ0) is 12.5. The first-order valence-electron chi connectivity index (χ1n) is 5.72. The van der Waals surface area contributed by atoms with E-state index in [9.17, 15) is 8.42 Å². The third-order valence-electron chi connectivity index (χ3n) is 3.16. The van der Waals surface area contributed by atoms with Gasteiger partial charge in [0, 0.05) is 19.6 Å². The predicted molar refractivity (Wildman–Crippen MR) is 71.4 cm³/mol. The first-order valence-corrected chi connectivity index (χ1v) is 7.20. The second-order valence-corrected chi connectivity index (χ2v) is 6.10. The molecule has 1 atom stereocenters. The maximum absolute atomic E-state index is 12.0. The predicted octanol–water partition coefficient (Wildman–Crippen LogP) is 0.181. The minimum absolute atomic E-state index is 0. The van der Waals surface area contributed by atoms with Gasteiger partial charge in [0.15, 0.2) is 0 Å². The molecule has 6 nitrogen and oxygen atoms in total. The zero-order valence-corrected chi connectivity index (χ0v) is 12.1. The summed E-state index contributed by atoms with van der Waals surface area (Å²) in [5.41, 5.74) is 0.650. The van der Waals surface area contributed by atoms with Crippen LogP contribution in [0.15, 0.2) is 11.1 Å². The van der Waals surface area contributed by atoms with Crippen LogP contribution in [0.25, 0.3) is 0 Å². The summed E-state index contributed by atoms with van der Waals surface area (Å²) in [6.07, 6.45) is 3.52. The standard InChI is InChI=1S/C10H18N4O2S.ClH/c1-8-10(7-12-14(8)2)17(15,16)13-6-9-4-3-5-11-9;/h7,9,11,13H,3-6H2,1-2H3;1H. The Bertz CT molecular complexity index is 494. The first-order chi connectivity index (χ1) is 8.00. The largest absolute Gasteiger partial charge is 0.313 e. The second-order valence-electron chi connectivity index (χ2n) is 4.36. The van der Waals surface area contributed by atoms with Gasteiger partial charge in [0.2, 0.25) is 10.0 Å². The van der Waals surface area contributed by atoms with Crippen LogP contribution in [-0.2, 0) is 17.1 Å². The van der Waals surface area contributed by atoms with Crippen molar-refractivity contribution in [3.05, 3.63) is 11.9 Å². The Labute approximate surface area is 114 Å². The quantitative estimate of drug-likeness (QED) is 0.831. The fourth-order valence-corrected chi connectivity index (χ4v) is 3.24. The maximum Gasteiger partial charge on any atom is 0.244 e. The van der Waals surface area contributed by atoms with E-state index < -0.39 is 10.0 Å². The summed E-state index contributed by atoms with van der Waals surface area (Å²) in [6, 6.07) is 0.252. The molecule has 0 radical (unpaired) electrons. The molecule has 2 N–H and O–H groups in total. The molecule has 1 fully saturated rings. The van der Waals surface area contributed by atoms with Gasteiger partial charge in [0.1, 0.15) is 4.90 Å². The van der Waals surface area contributed by atoms with E-state index in [1.165, 1.54) is 6.20 Å². The number of halogens is 1. The van der Waals surface area contributed by atoms with Gasteiger partial charge in [-0.1, -0.05) is 0 Å². The average Bonchev–Trinajstić information content (AvgIpc) is 2.88. The van der Waals surface area contributed by atoms with Crippen molar-refractivity contribution in [2.45, 2.75) is 30.7 Å². The van der Waals surface area contributed by atoms with Gasteiger partial charge in [0.05, 0.1) is 11.9 Å². The summed E-state index contributed by atoms with van der Waals surface area (Å²) in [6.45, 7) is 3.16. The number of hydrogen-bond donors (Lipinski definition) is 2. The van der Waals surface area contributed by atoms with Gasteiger partial charge in [-0.2, -0.15) is 5.10 Å². The lowest BCUT2D eigenvalue weighted by atomic mass is 10.2. The van der Waals surface area contributed by atoms with E-state index in [1.54, 1.807) is 18.7 Å². The minimum atomic E-state index is -3.43. The summed E-state index contributed by atoms with van der Waals surface area (Å²) in [4.78, 5) is 0.262. The molecular formula is C10H19ClN4O2S. The molecule has 0 aromatic carbocycles. The Kier molecular flexibility index (Phi) is 5.15. The number of nitrogens with one attached hydrogen (secondary N) is 2. The van der Waals surface area contributed by atoms with Gasteiger partial charge in [-0.3, -0.25) is 4.68 Å². The number of sulfonamides is 1. The number of aromatic nitrogens is 2. The summed E-state index contributed by atoms with van der Waals surface area (Å²) in [5.74, 6) is 0. The summed E-state index contributed by atoms with van der Waals surface area (Å²) >= 11 is 0. The van der Waals surface area contributed by atoms with E-state index in [2.05, 4.69) is 15.1 Å². The molecule has 0 saturated carbocycles. The fourth-order valence-electron chi connectivity index (χ4n) is 1.96. The molecule has 1 saturated heterocycles. The molecule has 104 valence electrons. The Hall–Kier alpha value is -0.630. The molecule has 0 spiro atoms. The molecule has 1 aliphatic rings. The Balaban J connectivity index is 0.00000162. The van der Waals surface area contributed by atoms with Gasteiger partial charge < -0.3 is 5.32 Å². The van der Waals surface area contributed by atoms with E-state index in [-0.39, 0.29) is 23.3 Å². The monoisotopic (exact) mass is 294 g/mol. The number of nitrogens with zero attached hydrogens (tertiary/aromatic N) is 2. The topological polar surface area (TPSA) is 76.0 Å². The highest BCUT2D eigenvalue weighted by Gasteiger charge is 2.22. The van der Waals surface area contributed by atoms with Gasteiger partial charge in [-0.05, 0) is 26.3 Å². The van der Waals surface area contributed by atoms with Crippen molar-refractivity contribution < 1.29 is 8.42 Å². The second kappa shape index (κ2) is 6.01. The Morgan fingerprint density at radius 1 is 1.61 bits per heavy atom. The smallest absolute Gasteiger partial charge is 0.244 e. The summed E-state index contributed by atoms with van der Waals surface area (Å²) in [7, 11) is -1.70. The molecule has 1 unspecified atom stereocenters. The van der Waals surface area contributed by atoms with Crippen LogP contribution in [0, 0.1) is 6.92 Å². The van der Waals surface area contributed by atoms with E-state index in [1.807, 2.05) is 0 Å². The lowest BCUT2D eigenvalue weighted by Crippen LogP contribution is -2.37. The van der Waals surface area contributed by atoms with E-state index >= 15 is 0 Å². The lowest BCUT2D eigenvalue weighted by molar-refractivity contribution is 0.551. The van der Waals surface area contributed by atoms with Crippen LogP contribution in [0.4, 0.5) is 0 Å². The number of hydrogen-bond acceptors (Lipinski definition) is 4. The van der Waals surface area contributed by atoms with E-state index in [0.29, 0.717) is 12.2 Å². The van der Waals surface area contributed by atoms with Gasteiger partial charge >= 0.3 is 0 Å². The van der Waals surface area contributed by atoms with Crippen LogP contribution in [0.1, 0.15) is 18.5 Å². The zero-order valence-electron chi connectivity index (χ0n) is 10.5. The van der Waals surface area contributed by atoms with Crippen molar-refractivity contribution in [2.24, 2.45) is 7.05 Å². The van der Waals surface area contributed by atoms with E-state index in [0.717, 1.165) is 19.4 Å². The van der Waals surface area contributed by atoms with Crippen molar-refractivity contribution in [3.8, 4) is 0 Å². The Morgan fingerprint density at radius 3 is 2.83 bits per heavy atom. The van der Waals surface area contributed by atoms with Crippen molar-refractivity contribution in [1.82, 2.24) is 19.8 Å². The van der Waals surface area contributed by atoms with Crippen LogP contribution in [0.5, 0.6) is 0 Å². The van der Waals surface area contributed by atoms with Crippen LogP contribution >= 0.6 is 12.4 Å². The molecule has 2 heterocycles. The molecule has 8 heteroatoms. The minimum Gasteiger partial charge on any atom is -0.313 e. The highest BCUT2D eigenvalue weighted by molar-refractivity contribution is 7.89. The highest BCUT2D eigenvalue weighted by Crippen LogP contribution is 2.13. The maximum atomic E-state index is 12.0. The SMILES string of the molecule is Cc1c(S(=O)(=O)NCC2CCCN2)cnn1C.Cl. The normalized spacial score (nSPS) is 19.8. The fraction of sp³-hybridized carbons (Fsp3) is 0.700. The summed E-state index contributed by atoms with van der Waals surface area (Å²) < 4.78 is 28.2. The van der Waals surface area contributed by atoms with Gasteiger partial charge in [0.25, 0.3) is 0 Å². The van der Waals surface area contributed by atoms with Crippen LogP contribution in [-0.4, -0.2) is 37.3 Å². The first kappa shape index (κ1) is 15.4. The molecule has 18 heavy (non-hydrogen) atoms. The average molecular weight is 295 g/mol. The molecular weight excluding hydrogens is 276 g/mol. The van der Waals surface area contributed by atoms with Crippen molar-refractivity contribution in [1.29, 1.82) is 0 Å². The van der Waals surface area contributed by atoms with Crippen molar-refractivity contribution in [3.63, 3.8) is 0 Å². The number of aryl methyl sites for hydroxylation is 1. The third kappa shape index (κ3) is 3.23.